The number of Topliss-reactive ketones (excluding diaryl/α,β-unsaturated/α-hetero) is 2. The van der Waals surface area contributed by atoms with Crippen molar-refractivity contribution in [2.75, 3.05) is 0 Å². The number of alkyl halides is 1. The summed E-state index contributed by atoms with van der Waals surface area (Å²) < 4.78 is -0.645. The Balaban J connectivity index is 2.19. The summed E-state index contributed by atoms with van der Waals surface area (Å²) in [6.07, 6.45) is 0. The number of benzene rings is 1. The van der Waals surface area contributed by atoms with E-state index in [-0.39, 0.29) is 11.6 Å². The largest absolute Gasteiger partial charge is 0.292 e. The minimum atomic E-state index is -0.645. The van der Waals surface area contributed by atoms with Crippen LogP contribution in [0.1, 0.15) is 20.0 Å². The van der Waals surface area contributed by atoms with Gasteiger partial charge in [-0.25, -0.2) is 0 Å². The Labute approximate surface area is 117 Å². The molecule has 17 heavy (non-hydrogen) atoms. The Morgan fingerprint density at radius 2 is 1.71 bits per heavy atom. The van der Waals surface area contributed by atoms with Crippen molar-refractivity contribution in [1.82, 2.24) is 0 Å². The first-order chi connectivity index (χ1) is 8.20. The molecule has 2 aromatic rings. The van der Waals surface area contributed by atoms with E-state index < -0.39 is 3.92 Å². The zero-order valence-corrected chi connectivity index (χ0v) is 11.8. The summed E-state index contributed by atoms with van der Waals surface area (Å²) >= 11 is 3.27. The molecule has 1 heterocycles. The van der Waals surface area contributed by atoms with E-state index in [1.807, 2.05) is 40.1 Å². The maximum atomic E-state index is 12.1. The molecule has 0 aliphatic heterocycles. The van der Waals surface area contributed by atoms with E-state index in [2.05, 4.69) is 0 Å². The topological polar surface area (TPSA) is 34.1 Å². The Morgan fingerprint density at radius 3 is 2.29 bits per heavy atom. The van der Waals surface area contributed by atoms with Gasteiger partial charge in [-0.2, -0.15) is 0 Å². The molecule has 0 saturated heterocycles. The van der Waals surface area contributed by atoms with Crippen molar-refractivity contribution in [3.05, 3.63) is 58.3 Å². The summed E-state index contributed by atoms with van der Waals surface area (Å²) in [7, 11) is 0. The fourth-order valence-electron chi connectivity index (χ4n) is 1.41. The Kier molecular flexibility index (Phi) is 4.06. The second kappa shape index (κ2) is 5.55. The van der Waals surface area contributed by atoms with Crippen molar-refractivity contribution in [2.24, 2.45) is 0 Å². The van der Waals surface area contributed by atoms with Crippen LogP contribution in [0.2, 0.25) is 0 Å². The highest BCUT2D eigenvalue weighted by atomic mass is 127. The zero-order valence-electron chi connectivity index (χ0n) is 8.80. The summed E-state index contributed by atoms with van der Waals surface area (Å²) in [5, 5.41) is 1.84. The van der Waals surface area contributed by atoms with Crippen LogP contribution in [0.4, 0.5) is 0 Å². The van der Waals surface area contributed by atoms with Gasteiger partial charge in [-0.05, 0) is 11.4 Å². The average molecular weight is 356 g/mol. The van der Waals surface area contributed by atoms with Crippen molar-refractivity contribution in [3.8, 4) is 0 Å². The van der Waals surface area contributed by atoms with Gasteiger partial charge in [0.05, 0.1) is 4.88 Å². The monoisotopic (exact) mass is 356 g/mol. The highest BCUT2D eigenvalue weighted by molar-refractivity contribution is 14.1. The van der Waals surface area contributed by atoms with Gasteiger partial charge in [0.2, 0.25) is 0 Å². The fraction of sp³-hybridized carbons (Fsp3) is 0.0769. The Bertz CT molecular complexity index is 520. The summed E-state index contributed by atoms with van der Waals surface area (Å²) in [6, 6.07) is 12.5. The molecule has 1 atom stereocenters. The van der Waals surface area contributed by atoms with E-state index in [1.54, 1.807) is 30.3 Å². The molecule has 0 spiro atoms. The van der Waals surface area contributed by atoms with Crippen LogP contribution in [-0.2, 0) is 0 Å². The number of hydrogen-bond donors (Lipinski definition) is 0. The summed E-state index contributed by atoms with van der Waals surface area (Å²) in [5.74, 6) is -0.251. The van der Waals surface area contributed by atoms with Gasteiger partial charge in [-0.3, -0.25) is 9.59 Å². The van der Waals surface area contributed by atoms with E-state index in [9.17, 15) is 9.59 Å². The fourth-order valence-corrected chi connectivity index (χ4v) is 3.01. The van der Waals surface area contributed by atoms with Crippen LogP contribution in [0, 0.1) is 0 Å². The number of halogens is 1. The molecule has 86 valence electrons. The van der Waals surface area contributed by atoms with Crippen LogP contribution < -0.4 is 0 Å². The zero-order chi connectivity index (χ0) is 12.3. The van der Waals surface area contributed by atoms with Crippen molar-refractivity contribution < 1.29 is 9.59 Å². The molecule has 0 aliphatic rings. The highest BCUT2D eigenvalue weighted by Gasteiger charge is 2.25. The number of rotatable bonds is 4. The molecule has 4 heteroatoms. The van der Waals surface area contributed by atoms with Crippen molar-refractivity contribution in [3.63, 3.8) is 0 Å². The third-order valence-electron chi connectivity index (χ3n) is 2.28. The smallest absolute Gasteiger partial charge is 0.193 e. The molecule has 0 bridgehead atoms. The number of carbonyl (C=O) groups excluding carboxylic acids is 2. The second-order valence-corrected chi connectivity index (χ2v) is 5.63. The van der Waals surface area contributed by atoms with E-state index >= 15 is 0 Å². The van der Waals surface area contributed by atoms with Crippen LogP contribution in [0.5, 0.6) is 0 Å². The molecule has 0 radical (unpaired) electrons. The normalized spacial score (nSPS) is 12.1. The molecule has 1 unspecified atom stereocenters. The quantitative estimate of drug-likeness (QED) is 0.363. The van der Waals surface area contributed by atoms with E-state index in [0.29, 0.717) is 10.4 Å². The van der Waals surface area contributed by atoms with Gasteiger partial charge in [0.1, 0.15) is 3.92 Å². The van der Waals surface area contributed by atoms with Crippen LogP contribution in [0.3, 0.4) is 0 Å². The summed E-state index contributed by atoms with van der Waals surface area (Å²) in [5.41, 5.74) is 0.580. The molecule has 2 nitrogen and oxygen atoms in total. The lowest BCUT2D eigenvalue weighted by Gasteiger charge is -2.06. The van der Waals surface area contributed by atoms with E-state index in [4.69, 9.17) is 0 Å². The van der Waals surface area contributed by atoms with E-state index in [1.165, 1.54) is 11.3 Å². The minimum Gasteiger partial charge on any atom is -0.292 e. The Morgan fingerprint density at radius 1 is 1.00 bits per heavy atom. The van der Waals surface area contributed by atoms with Gasteiger partial charge >= 0.3 is 0 Å². The number of carbonyl (C=O) groups is 2. The minimum absolute atomic E-state index is 0.116. The molecule has 0 aliphatic carbocycles. The number of hydrogen-bond acceptors (Lipinski definition) is 3. The first-order valence-corrected chi connectivity index (χ1v) is 7.13. The lowest BCUT2D eigenvalue weighted by atomic mass is 10.1. The summed E-state index contributed by atoms with van der Waals surface area (Å²) in [4.78, 5) is 24.7. The van der Waals surface area contributed by atoms with Crippen molar-refractivity contribution in [1.29, 1.82) is 0 Å². The van der Waals surface area contributed by atoms with Crippen molar-refractivity contribution in [2.45, 2.75) is 3.92 Å². The predicted octanol–water partition coefficient (Wildman–Crippen LogP) is 3.62. The molecule has 0 fully saturated rings. The van der Waals surface area contributed by atoms with Crippen LogP contribution in [0.25, 0.3) is 0 Å². The molecule has 1 aromatic carbocycles. The first kappa shape index (κ1) is 12.4. The lowest BCUT2D eigenvalue weighted by Crippen LogP contribution is -2.23. The van der Waals surface area contributed by atoms with E-state index in [0.717, 1.165) is 0 Å². The molecule has 0 amide bonds. The Hall–Kier alpha value is -1.01. The number of ketones is 2. The maximum Gasteiger partial charge on any atom is 0.193 e. The molecule has 2 rings (SSSR count). The SMILES string of the molecule is O=C(c1ccccc1)C(I)C(=O)c1cccs1. The van der Waals surface area contributed by atoms with Crippen LogP contribution >= 0.6 is 33.9 Å². The van der Waals surface area contributed by atoms with Crippen molar-refractivity contribution >= 4 is 45.5 Å². The van der Waals surface area contributed by atoms with Gasteiger partial charge in [0.15, 0.2) is 11.6 Å². The molecule has 1 aromatic heterocycles. The number of thiophene rings is 1. The van der Waals surface area contributed by atoms with Gasteiger partial charge in [-0.15, -0.1) is 11.3 Å². The van der Waals surface area contributed by atoms with Crippen LogP contribution in [0.15, 0.2) is 47.8 Å². The standard InChI is InChI=1S/C13H9IO2S/c14-11(13(16)10-7-4-8-17-10)12(15)9-5-2-1-3-6-9/h1-8,11H. The average Bonchev–Trinajstić information content (AvgIpc) is 2.91. The molecule has 0 saturated carbocycles. The lowest BCUT2D eigenvalue weighted by molar-refractivity contribution is 0.0913. The third-order valence-corrected chi connectivity index (χ3v) is 4.30. The molecule has 0 N–H and O–H groups in total. The highest BCUT2D eigenvalue weighted by Crippen LogP contribution is 2.19. The van der Waals surface area contributed by atoms with Gasteiger partial charge in [-0.1, -0.05) is 59.0 Å². The second-order valence-electron chi connectivity index (χ2n) is 3.43. The maximum absolute atomic E-state index is 12.1. The summed E-state index contributed by atoms with van der Waals surface area (Å²) in [6.45, 7) is 0. The van der Waals surface area contributed by atoms with Crippen LogP contribution in [-0.4, -0.2) is 15.5 Å². The predicted molar refractivity (Wildman–Crippen MR) is 77.2 cm³/mol. The van der Waals surface area contributed by atoms with Gasteiger partial charge in [0, 0.05) is 5.56 Å². The molecular weight excluding hydrogens is 347 g/mol. The van der Waals surface area contributed by atoms with Gasteiger partial charge in [0.25, 0.3) is 0 Å². The first-order valence-electron chi connectivity index (χ1n) is 5.01. The van der Waals surface area contributed by atoms with Gasteiger partial charge < -0.3 is 0 Å². The molecular formula is C13H9IO2S. The third kappa shape index (κ3) is 2.81.